The standard InChI is InChI=1S/C11H18N4O/c1-9(16)15-4-2-10(3-5-15)13-7-11-6-12-8-14-11/h6,8,10,13H,2-5,7H2,1H3,(H,12,14). The molecule has 1 aromatic heterocycles. The number of amides is 1. The molecule has 1 amide bonds. The van der Waals surface area contributed by atoms with E-state index in [1.54, 1.807) is 13.3 Å². The van der Waals surface area contributed by atoms with E-state index in [2.05, 4.69) is 15.3 Å². The SMILES string of the molecule is CC(=O)N1CCC(NCc2cnc[nH]2)CC1. The molecule has 0 atom stereocenters. The van der Waals surface area contributed by atoms with Crippen molar-refractivity contribution in [3.8, 4) is 0 Å². The van der Waals surface area contributed by atoms with Crippen molar-refractivity contribution in [3.63, 3.8) is 0 Å². The summed E-state index contributed by atoms with van der Waals surface area (Å²) in [5.74, 6) is 0.187. The van der Waals surface area contributed by atoms with Gasteiger partial charge >= 0.3 is 0 Å². The molecule has 88 valence electrons. The highest BCUT2D eigenvalue weighted by Gasteiger charge is 2.19. The summed E-state index contributed by atoms with van der Waals surface area (Å²) in [5.41, 5.74) is 1.11. The Morgan fingerprint density at radius 3 is 2.94 bits per heavy atom. The van der Waals surface area contributed by atoms with Crippen LogP contribution in [-0.4, -0.2) is 39.9 Å². The van der Waals surface area contributed by atoms with E-state index in [4.69, 9.17) is 0 Å². The lowest BCUT2D eigenvalue weighted by Crippen LogP contribution is -2.43. The Morgan fingerprint density at radius 2 is 2.38 bits per heavy atom. The van der Waals surface area contributed by atoms with E-state index in [9.17, 15) is 4.79 Å². The van der Waals surface area contributed by atoms with Crippen molar-refractivity contribution in [1.29, 1.82) is 0 Å². The van der Waals surface area contributed by atoms with Crippen molar-refractivity contribution in [3.05, 3.63) is 18.2 Å². The summed E-state index contributed by atoms with van der Waals surface area (Å²) in [6.07, 6.45) is 5.59. The molecule has 5 nitrogen and oxygen atoms in total. The fourth-order valence-corrected chi connectivity index (χ4v) is 2.03. The van der Waals surface area contributed by atoms with E-state index in [0.717, 1.165) is 38.2 Å². The summed E-state index contributed by atoms with van der Waals surface area (Å²) in [6, 6.07) is 0.513. The fraction of sp³-hybridized carbons (Fsp3) is 0.636. The van der Waals surface area contributed by atoms with Crippen molar-refractivity contribution in [1.82, 2.24) is 20.2 Å². The molecule has 0 aliphatic carbocycles. The Balaban J connectivity index is 1.71. The molecule has 1 saturated heterocycles. The zero-order valence-electron chi connectivity index (χ0n) is 9.57. The average Bonchev–Trinajstić information content (AvgIpc) is 2.80. The molecule has 0 aromatic carbocycles. The Hall–Kier alpha value is -1.36. The minimum atomic E-state index is 0.187. The first kappa shape index (κ1) is 11.1. The van der Waals surface area contributed by atoms with Crippen molar-refractivity contribution in [2.24, 2.45) is 0 Å². The highest BCUT2D eigenvalue weighted by atomic mass is 16.2. The molecule has 1 aliphatic heterocycles. The van der Waals surface area contributed by atoms with Crippen LogP contribution in [0.15, 0.2) is 12.5 Å². The van der Waals surface area contributed by atoms with Crippen molar-refractivity contribution in [2.75, 3.05) is 13.1 Å². The number of hydrogen-bond donors (Lipinski definition) is 2. The van der Waals surface area contributed by atoms with Gasteiger partial charge in [0, 0.05) is 44.5 Å². The van der Waals surface area contributed by atoms with Gasteiger partial charge in [0.25, 0.3) is 0 Å². The average molecular weight is 222 g/mol. The number of aromatic amines is 1. The molecule has 16 heavy (non-hydrogen) atoms. The van der Waals surface area contributed by atoms with Gasteiger partial charge in [0.2, 0.25) is 5.91 Å². The zero-order chi connectivity index (χ0) is 11.4. The molecule has 0 spiro atoms. The third kappa shape index (κ3) is 2.82. The number of piperidine rings is 1. The van der Waals surface area contributed by atoms with Crippen LogP contribution in [0, 0.1) is 0 Å². The van der Waals surface area contributed by atoms with Gasteiger partial charge in [0.1, 0.15) is 0 Å². The van der Waals surface area contributed by atoms with Crippen LogP contribution in [0.25, 0.3) is 0 Å². The highest BCUT2D eigenvalue weighted by Crippen LogP contribution is 2.10. The monoisotopic (exact) mass is 222 g/mol. The summed E-state index contributed by atoms with van der Waals surface area (Å²) < 4.78 is 0. The highest BCUT2D eigenvalue weighted by molar-refractivity contribution is 5.73. The van der Waals surface area contributed by atoms with E-state index >= 15 is 0 Å². The number of imidazole rings is 1. The van der Waals surface area contributed by atoms with Crippen LogP contribution in [0.2, 0.25) is 0 Å². The van der Waals surface area contributed by atoms with E-state index < -0.39 is 0 Å². The quantitative estimate of drug-likeness (QED) is 0.783. The fourth-order valence-electron chi connectivity index (χ4n) is 2.03. The third-order valence-electron chi connectivity index (χ3n) is 3.08. The molecule has 5 heteroatoms. The summed E-state index contributed by atoms with van der Waals surface area (Å²) in [7, 11) is 0. The Kier molecular flexibility index (Phi) is 3.56. The first-order valence-electron chi connectivity index (χ1n) is 5.72. The summed E-state index contributed by atoms with van der Waals surface area (Å²) in [4.78, 5) is 20.1. The second kappa shape index (κ2) is 5.12. The van der Waals surface area contributed by atoms with Crippen molar-refractivity contribution < 1.29 is 4.79 Å². The number of carbonyl (C=O) groups is 1. The summed E-state index contributed by atoms with van der Waals surface area (Å²) in [6.45, 7) is 4.20. The summed E-state index contributed by atoms with van der Waals surface area (Å²) >= 11 is 0. The van der Waals surface area contributed by atoms with Gasteiger partial charge in [-0.2, -0.15) is 0 Å². The van der Waals surface area contributed by atoms with Crippen LogP contribution in [0.3, 0.4) is 0 Å². The molecule has 1 aliphatic rings. The zero-order valence-corrected chi connectivity index (χ0v) is 9.57. The number of likely N-dealkylation sites (tertiary alicyclic amines) is 1. The second-order valence-corrected chi connectivity index (χ2v) is 4.24. The van der Waals surface area contributed by atoms with Gasteiger partial charge in [-0.15, -0.1) is 0 Å². The smallest absolute Gasteiger partial charge is 0.219 e. The molecule has 0 radical (unpaired) electrons. The van der Waals surface area contributed by atoms with Crippen LogP contribution in [-0.2, 0) is 11.3 Å². The lowest BCUT2D eigenvalue weighted by atomic mass is 10.1. The maximum Gasteiger partial charge on any atom is 0.219 e. The van der Waals surface area contributed by atoms with Gasteiger partial charge < -0.3 is 15.2 Å². The van der Waals surface area contributed by atoms with Gasteiger partial charge in [-0.3, -0.25) is 4.79 Å². The van der Waals surface area contributed by atoms with Crippen molar-refractivity contribution in [2.45, 2.75) is 32.4 Å². The second-order valence-electron chi connectivity index (χ2n) is 4.24. The van der Waals surface area contributed by atoms with E-state index in [1.165, 1.54) is 0 Å². The van der Waals surface area contributed by atoms with Crippen LogP contribution < -0.4 is 5.32 Å². The van der Waals surface area contributed by atoms with Gasteiger partial charge in [0.15, 0.2) is 0 Å². The van der Waals surface area contributed by atoms with Crippen molar-refractivity contribution >= 4 is 5.91 Å². The molecule has 2 heterocycles. The predicted octanol–water partition coefficient (Wildman–Crippen LogP) is 0.510. The van der Waals surface area contributed by atoms with E-state index in [0.29, 0.717) is 6.04 Å². The number of rotatable bonds is 3. The molecular weight excluding hydrogens is 204 g/mol. The van der Waals surface area contributed by atoms with Crippen LogP contribution in [0.4, 0.5) is 0 Å². The normalized spacial score (nSPS) is 17.7. The van der Waals surface area contributed by atoms with E-state index in [1.807, 2.05) is 11.1 Å². The number of nitrogens with zero attached hydrogens (tertiary/aromatic N) is 2. The van der Waals surface area contributed by atoms with Gasteiger partial charge in [-0.1, -0.05) is 0 Å². The molecule has 0 unspecified atom stereocenters. The Morgan fingerprint density at radius 1 is 1.62 bits per heavy atom. The third-order valence-corrected chi connectivity index (χ3v) is 3.08. The maximum atomic E-state index is 11.1. The lowest BCUT2D eigenvalue weighted by molar-refractivity contribution is -0.129. The Bertz CT molecular complexity index is 328. The molecular formula is C11H18N4O. The van der Waals surface area contributed by atoms with Gasteiger partial charge in [-0.05, 0) is 12.8 Å². The number of aromatic nitrogens is 2. The van der Waals surface area contributed by atoms with E-state index in [-0.39, 0.29) is 5.91 Å². The van der Waals surface area contributed by atoms with Gasteiger partial charge in [0.05, 0.1) is 6.33 Å². The molecule has 1 fully saturated rings. The van der Waals surface area contributed by atoms with Crippen LogP contribution in [0.5, 0.6) is 0 Å². The molecule has 0 bridgehead atoms. The minimum Gasteiger partial charge on any atom is -0.347 e. The number of nitrogens with one attached hydrogen (secondary N) is 2. The van der Waals surface area contributed by atoms with Gasteiger partial charge in [-0.25, -0.2) is 4.98 Å². The Labute approximate surface area is 95.2 Å². The predicted molar refractivity (Wildman–Crippen MR) is 60.7 cm³/mol. The minimum absolute atomic E-state index is 0.187. The largest absolute Gasteiger partial charge is 0.347 e. The van der Waals surface area contributed by atoms with Crippen LogP contribution in [0.1, 0.15) is 25.5 Å². The lowest BCUT2D eigenvalue weighted by Gasteiger charge is -2.31. The molecule has 0 saturated carbocycles. The molecule has 1 aromatic rings. The topological polar surface area (TPSA) is 61.0 Å². The molecule has 2 N–H and O–H groups in total. The first-order valence-corrected chi connectivity index (χ1v) is 5.72. The number of H-pyrrole nitrogens is 1. The molecule has 2 rings (SSSR count). The van der Waals surface area contributed by atoms with Crippen LogP contribution >= 0.6 is 0 Å². The summed E-state index contributed by atoms with van der Waals surface area (Å²) in [5, 5.41) is 3.47. The number of hydrogen-bond acceptors (Lipinski definition) is 3. The number of carbonyl (C=O) groups excluding carboxylic acids is 1. The maximum absolute atomic E-state index is 11.1. The first-order chi connectivity index (χ1) is 7.75.